The van der Waals surface area contributed by atoms with Crippen LogP contribution in [-0.4, -0.2) is 38.4 Å². The van der Waals surface area contributed by atoms with Gasteiger partial charge < -0.3 is 5.32 Å². The van der Waals surface area contributed by atoms with Crippen LogP contribution in [0.5, 0.6) is 0 Å². The average molecular weight is 310 g/mol. The maximum Gasteiger partial charge on any atom is 0.243 e. The molecule has 0 unspecified atom stereocenters. The maximum atomic E-state index is 12.9. The second-order valence-corrected chi connectivity index (χ2v) is 8.07. The van der Waals surface area contributed by atoms with Crippen molar-refractivity contribution in [2.45, 2.75) is 44.6 Å². The summed E-state index contributed by atoms with van der Waals surface area (Å²) >= 11 is 0. The van der Waals surface area contributed by atoms with Gasteiger partial charge in [-0.2, -0.15) is 4.31 Å². The summed E-state index contributed by atoms with van der Waals surface area (Å²) in [5.74, 6) is 0.453. The molecule has 1 aliphatic heterocycles. The van der Waals surface area contributed by atoms with Crippen LogP contribution in [0.4, 0.5) is 0 Å². The lowest BCUT2D eigenvalue weighted by Gasteiger charge is -2.32. The van der Waals surface area contributed by atoms with Gasteiger partial charge in [0.15, 0.2) is 0 Å². The molecule has 21 heavy (non-hydrogen) atoms. The lowest BCUT2D eigenvalue weighted by molar-refractivity contribution is 0.261. The number of benzene rings is 1. The van der Waals surface area contributed by atoms with Gasteiger partial charge in [0, 0.05) is 12.6 Å². The van der Waals surface area contributed by atoms with Gasteiger partial charge in [-0.05, 0) is 64.8 Å². The summed E-state index contributed by atoms with van der Waals surface area (Å²) in [5, 5.41) is 3.33. The first-order valence-electron chi connectivity index (χ1n) is 7.70. The minimum atomic E-state index is -3.40. The molecule has 0 atom stereocenters. The van der Waals surface area contributed by atoms with Crippen molar-refractivity contribution in [1.29, 1.82) is 0 Å². The summed E-state index contributed by atoms with van der Waals surface area (Å²) in [5.41, 5.74) is 1.07. The summed E-state index contributed by atoms with van der Waals surface area (Å²) in [4.78, 5) is 0.399. The number of nitrogens with one attached hydrogen (secondary N) is 1. The standard InChI is InChI=1S/C16H26N2O2S/c1-13(2)18(12-15-8-10-17-11-9-15)21(19,20)16-6-4-14(3)5-7-16/h4-7,13,15,17H,8-12H2,1-3H3. The molecule has 0 amide bonds. The topological polar surface area (TPSA) is 49.4 Å². The molecule has 0 bridgehead atoms. The van der Waals surface area contributed by atoms with E-state index in [4.69, 9.17) is 0 Å². The van der Waals surface area contributed by atoms with E-state index in [1.807, 2.05) is 32.9 Å². The van der Waals surface area contributed by atoms with E-state index in [1.54, 1.807) is 16.4 Å². The van der Waals surface area contributed by atoms with Crippen LogP contribution in [0, 0.1) is 12.8 Å². The fourth-order valence-electron chi connectivity index (χ4n) is 2.75. The van der Waals surface area contributed by atoms with Crippen LogP contribution in [0.1, 0.15) is 32.3 Å². The third-order valence-electron chi connectivity index (χ3n) is 4.10. The van der Waals surface area contributed by atoms with E-state index >= 15 is 0 Å². The van der Waals surface area contributed by atoms with Gasteiger partial charge in [-0.15, -0.1) is 0 Å². The molecular formula is C16H26N2O2S. The fraction of sp³-hybridized carbons (Fsp3) is 0.625. The predicted molar refractivity (Wildman–Crippen MR) is 85.8 cm³/mol. The Hall–Kier alpha value is -0.910. The molecule has 2 rings (SSSR count). The van der Waals surface area contributed by atoms with E-state index in [-0.39, 0.29) is 6.04 Å². The van der Waals surface area contributed by atoms with Crippen molar-refractivity contribution < 1.29 is 8.42 Å². The van der Waals surface area contributed by atoms with Crippen LogP contribution in [0.25, 0.3) is 0 Å². The Morgan fingerprint density at radius 3 is 2.29 bits per heavy atom. The molecule has 0 saturated carbocycles. The van der Waals surface area contributed by atoms with Crippen molar-refractivity contribution in [2.75, 3.05) is 19.6 Å². The van der Waals surface area contributed by atoms with E-state index in [0.29, 0.717) is 17.4 Å². The predicted octanol–water partition coefficient (Wildman–Crippen LogP) is 2.39. The summed E-state index contributed by atoms with van der Waals surface area (Å²) in [6.07, 6.45) is 2.10. The van der Waals surface area contributed by atoms with Gasteiger partial charge in [0.1, 0.15) is 0 Å². The van der Waals surface area contributed by atoms with E-state index in [1.165, 1.54) is 0 Å². The fourth-order valence-corrected chi connectivity index (χ4v) is 4.46. The van der Waals surface area contributed by atoms with Crippen LogP contribution in [0.15, 0.2) is 29.2 Å². The van der Waals surface area contributed by atoms with Crippen molar-refractivity contribution in [1.82, 2.24) is 9.62 Å². The van der Waals surface area contributed by atoms with E-state index < -0.39 is 10.0 Å². The number of hydrogen-bond acceptors (Lipinski definition) is 3. The van der Waals surface area contributed by atoms with Crippen LogP contribution in [0.3, 0.4) is 0 Å². The molecule has 0 radical (unpaired) electrons. The van der Waals surface area contributed by atoms with Crippen LogP contribution in [0.2, 0.25) is 0 Å². The number of sulfonamides is 1. The Kier molecular flexibility index (Phi) is 5.41. The van der Waals surface area contributed by atoms with Gasteiger partial charge >= 0.3 is 0 Å². The monoisotopic (exact) mass is 310 g/mol. The average Bonchev–Trinajstić information content (AvgIpc) is 2.46. The Bertz CT molecular complexity index is 546. The zero-order valence-electron chi connectivity index (χ0n) is 13.2. The highest BCUT2D eigenvalue weighted by Gasteiger charge is 2.29. The molecule has 4 nitrogen and oxygen atoms in total. The molecule has 1 aliphatic rings. The zero-order valence-corrected chi connectivity index (χ0v) is 14.0. The lowest BCUT2D eigenvalue weighted by Crippen LogP contribution is -2.42. The molecule has 5 heteroatoms. The number of nitrogens with zero attached hydrogens (tertiary/aromatic N) is 1. The Morgan fingerprint density at radius 1 is 1.19 bits per heavy atom. The Balaban J connectivity index is 2.21. The molecule has 1 aromatic carbocycles. The maximum absolute atomic E-state index is 12.9. The summed E-state index contributed by atoms with van der Waals surface area (Å²) in [7, 11) is -3.40. The summed E-state index contributed by atoms with van der Waals surface area (Å²) in [6, 6.07) is 7.11. The first kappa shape index (κ1) is 16.5. The van der Waals surface area contributed by atoms with Crippen LogP contribution in [-0.2, 0) is 10.0 Å². The molecule has 0 spiro atoms. The SMILES string of the molecule is Cc1ccc(S(=O)(=O)N(CC2CCNCC2)C(C)C)cc1. The van der Waals surface area contributed by atoms with Crippen molar-refractivity contribution in [3.8, 4) is 0 Å². The molecule has 1 heterocycles. The number of piperidine rings is 1. The van der Waals surface area contributed by atoms with Gasteiger partial charge in [-0.25, -0.2) is 8.42 Å². The number of aryl methyl sites for hydroxylation is 1. The molecule has 1 fully saturated rings. The Labute approximate surface area is 128 Å². The summed E-state index contributed by atoms with van der Waals surface area (Å²) in [6.45, 7) is 8.46. The van der Waals surface area contributed by atoms with Crippen molar-refractivity contribution in [2.24, 2.45) is 5.92 Å². The molecule has 118 valence electrons. The van der Waals surface area contributed by atoms with E-state index in [9.17, 15) is 8.42 Å². The normalized spacial score (nSPS) is 17.6. The second kappa shape index (κ2) is 6.90. The number of hydrogen-bond donors (Lipinski definition) is 1. The first-order chi connectivity index (χ1) is 9.91. The van der Waals surface area contributed by atoms with Crippen LogP contribution >= 0.6 is 0 Å². The molecule has 0 aromatic heterocycles. The molecule has 1 saturated heterocycles. The van der Waals surface area contributed by atoms with Gasteiger partial charge in [0.05, 0.1) is 4.90 Å². The van der Waals surface area contributed by atoms with Gasteiger partial charge in [-0.1, -0.05) is 17.7 Å². The highest BCUT2D eigenvalue weighted by atomic mass is 32.2. The highest BCUT2D eigenvalue weighted by molar-refractivity contribution is 7.89. The molecule has 1 aromatic rings. The quantitative estimate of drug-likeness (QED) is 0.908. The zero-order chi connectivity index (χ0) is 15.5. The largest absolute Gasteiger partial charge is 0.317 e. The van der Waals surface area contributed by atoms with Crippen molar-refractivity contribution in [3.63, 3.8) is 0 Å². The van der Waals surface area contributed by atoms with Crippen molar-refractivity contribution in [3.05, 3.63) is 29.8 Å². The molecular weight excluding hydrogens is 284 g/mol. The van der Waals surface area contributed by atoms with Gasteiger partial charge in [-0.3, -0.25) is 0 Å². The second-order valence-electron chi connectivity index (χ2n) is 6.17. The molecule has 1 N–H and O–H groups in total. The smallest absolute Gasteiger partial charge is 0.243 e. The Morgan fingerprint density at radius 2 is 1.76 bits per heavy atom. The minimum Gasteiger partial charge on any atom is -0.317 e. The third-order valence-corrected chi connectivity index (χ3v) is 6.16. The lowest BCUT2D eigenvalue weighted by atomic mass is 9.98. The molecule has 0 aliphatic carbocycles. The minimum absolute atomic E-state index is 0.0220. The van der Waals surface area contributed by atoms with Crippen LogP contribution < -0.4 is 5.32 Å². The van der Waals surface area contributed by atoms with E-state index in [0.717, 1.165) is 31.5 Å². The first-order valence-corrected chi connectivity index (χ1v) is 9.14. The number of rotatable bonds is 5. The third kappa shape index (κ3) is 4.05. The highest BCUT2D eigenvalue weighted by Crippen LogP contribution is 2.23. The van der Waals surface area contributed by atoms with Gasteiger partial charge in [0.2, 0.25) is 10.0 Å². The van der Waals surface area contributed by atoms with E-state index in [2.05, 4.69) is 5.32 Å². The van der Waals surface area contributed by atoms with Gasteiger partial charge in [0.25, 0.3) is 0 Å². The summed E-state index contributed by atoms with van der Waals surface area (Å²) < 4.78 is 27.4. The van der Waals surface area contributed by atoms with Crippen molar-refractivity contribution >= 4 is 10.0 Å².